The Kier molecular flexibility index (Phi) is 3.28. The maximum Gasteiger partial charge on any atom is 0.121 e. The Hall–Kier alpha value is -1.06. The number of hydrogen-bond acceptors (Lipinski definition) is 2. The van der Waals surface area contributed by atoms with Gasteiger partial charge in [0.1, 0.15) is 5.82 Å². The quantitative estimate of drug-likeness (QED) is 0.601. The topological polar surface area (TPSA) is 40.7 Å². The van der Waals surface area contributed by atoms with Gasteiger partial charge in [-0.1, -0.05) is 12.1 Å². The molecule has 70 valence electrons. The molecule has 0 saturated carbocycles. The number of aromatic amines is 1. The number of H-pyrrole nitrogens is 1. The average molecular weight is 197 g/mol. The van der Waals surface area contributed by atoms with Gasteiger partial charge >= 0.3 is 0 Å². The van der Waals surface area contributed by atoms with Gasteiger partial charge in [0.05, 0.1) is 17.6 Å². The molecule has 0 aliphatic rings. The van der Waals surface area contributed by atoms with Gasteiger partial charge in [-0.2, -0.15) is 0 Å². The molecule has 0 bridgehead atoms. The summed E-state index contributed by atoms with van der Waals surface area (Å²) in [7, 11) is 1.91. The predicted molar refractivity (Wildman–Crippen MR) is 48.9 cm³/mol. The lowest BCUT2D eigenvalue weighted by Crippen LogP contribution is -3.00. The first kappa shape index (κ1) is 10.0. The van der Waals surface area contributed by atoms with E-state index in [0.717, 1.165) is 23.4 Å². The second-order valence-electron chi connectivity index (χ2n) is 2.73. The molecule has 0 aliphatic carbocycles. The molecule has 2 aromatic rings. The molecule has 4 heteroatoms. The summed E-state index contributed by atoms with van der Waals surface area (Å²) in [5.74, 6) is 0.985. The van der Waals surface area contributed by atoms with Crippen LogP contribution in [0.2, 0.25) is 0 Å². The summed E-state index contributed by atoms with van der Waals surface area (Å²) in [5.41, 5.74) is 2.13. The first-order chi connectivity index (χ1) is 5.90. The highest BCUT2D eigenvalue weighted by atomic mass is 35.5. The van der Waals surface area contributed by atoms with Crippen LogP contribution in [0.4, 0.5) is 0 Å². The van der Waals surface area contributed by atoms with Crippen LogP contribution < -0.4 is 17.7 Å². The fourth-order valence-electron chi connectivity index (χ4n) is 1.26. The number of halogens is 1. The van der Waals surface area contributed by atoms with E-state index >= 15 is 0 Å². The van der Waals surface area contributed by atoms with Crippen LogP contribution >= 0.6 is 0 Å². The minimum Gasteiger partial charge on any atom is -1.00 e. The molecule has 0 aliphatic heterocycles. The molecule has 0 saturated heterocycles. The fraction of sp³-hybridized carbons (Fsp3) is 0.222. The average Bonchev–Trinajstić information content (AvgIpc) is 2.47. The second kappa shape index (κ2) is 4.25. The number of rotatable bonds is 2. The number of nitrogens with zero attached hydrogens (tertiary/aromatic N) is 1. The monoisotopic (exact) mass is 196 g/mol. The number of benzene rings is 1. The minimum absolute atomic E-state index is 0. The molecule has 2 N–H and O–H groups in total. The molecule has 1 aromatic carbocycles. The van der Waals surface area contributed by atoms with Crippen LogP contribution in [-0.4, -0.2) is 17.0 Å². The molecular formula is C9H11ClN3-. The van der Waals surface area contributed by atoms with Crippen LogP contribution in [0.15, 0.2) is 24.3 Å². The van der Waals surface area contributed by atoms with E-state index in [0.29, 0.717) is 0 Å². The zero-order chi connectivity index (χ0) is 8.39. The van der Waals surface area contributed by atoms with Crippen molar-refractivity contribution in [2.75, 3.05) is 7.05 Å². The normalized spacial score (nSPS) is 9.92. The molecule has 0 radical (unpaired) electrons. The first-order valence-electron chi connectivity index (χ1n) is 3.98. The molecule has 3 nitrogen and oxygen atoms in total. The van der Waals surface area contributed by atoms with Gasteiger partial charge < -0.3 is 22.7 Å². The maximum atomic E-state index is 4.38. The smallest absolute Gasteiger partial charge is 0.121 e. The highest BCUT2D eigenvalue weighted by molar-refractivity contribution is 5.74. The standard InChI is InChI=1S/C9H11N3.ClH/c1-10-6-9-11-7-4-2-3-5-8(7)12-9;/h2-5,10H,6H2,1H3,(H,11,12);1H/p-1. The van der Waals surface area contributed by atoms with Crippen molar-refractivity contribution in [1.82, 2.24) is 15.3 Å². The van der Waals surface area contributed by atoms with E-state index in [4.69, 9.17) is 0 Å². The van der Waals surface area contributed by atoms with Gasteiger partial charge in [-0.15, -0.1) is 0 Å². The lowest BCUT2D eigenvalue weighted by atomic mass is 10.3. The first-order valence-corrected chi connectivity index (χ1v) is 3.98. The molecular weight excluding hydrogens is 186 g/mol. The van der Waals surface area contributed by atoms with E-state index in [9.17, 15) is 0 Å². The summed E-state index contributed by atoms with van der Waals surface area (Å²) in [6.07, 6.45) is 0. The molecule has 0 amide bonds. The van der Waals surface area contributed by atoms with Crippen LogP contribution in [0.1, 0.15) is 5.82 Å². The summed E-state index contributed by atoms with van der Waals surface area (Å²) in [4.78, 5) is 7.61. The maximum absolute atomic E-state index is 4.38. The van der Waals surface area contributed by atoms with E-state index in [-0.39, 0.29) is 12.4 Å². The number of aromatic nitrogens is 2. The Morgan fingerprint density at radius 2 is 2.15 bits per heavy atom. The number of hydrogen-bond donors (Lipinski definition) is 2. The Morgan fingerprint density at radius 1 is 1.38 bits per heavy atom. The number of nitrogens with one attached hydrogen (secondary N) is 2. The molecule has 0 atom stereocenters. The van der Waals surface area contributed by atoms with Gasteiger partial charge in [-0.3, -0.25) is 0 Å². The van der Waals surface area contributed by atoms with E-state index in [1.807, 2.05) is 31.3 Å². The van der Waals surface area contributed by atoms with Crippen molar-refractivity contribution in [3.63, 3.8) is 0 Å². The molecule has 0 fully saturated rings. The largest absolute Gasteiger partial charge is 1.00 e. The lowest BCUT2D eigenvalue weighted by molar-refractivity contribution is -0.00000267. The minimum atomic E-state index is 0. The summed E-state index contributed by atoms with van der Waals surface area (Å²) >= 11 is 0. The number of fused-ring (bicyclic) bond motifs is 1. The molecule has 13 heavy (non-hydrogen) atoms. The van der Waals surface area contributed by atoms with E-state index in [2.05, 4.69) is 15.3 Å². The number of para-hydroxylation sites is 2. The van der Waals surface area contributed by atoms with Crippen molar-refractivity contribution in [2.24, 2.45) is 0 Å². The van der Waals surface area contributed by atoms with Crippen LogP contribution in [0.3, 0.4) is 0 Å². The van der Waals surface area contributed by atoms with Crippen LogP contribution in [0, 0.1) is 0 Å². The van der Waals surface area contributed by atoms with Crippen molar-refractivity contribution in [3.05, 3.63) is 30.1 Å². The fourth-order valence-corrected chi connectivity index (χ4v) is 1.26. The third kappa shape index (κ3) is 1.99. The van der Waals surface area contributed by atoms with Crippen molar-refractivity contribution in [1.29, 1.82) is 0 Å². The van der Waals surface area contributed by atoms with Gasteiger partial charge in [-0.25, -0.2) is 4.98 Å². The van der Waals surface area contributed by atoms with Crippen LogP contribution in [-0.2, 0) is 6.54 Å². The summed E-state index contributed by atoms with van der Waals surface area (Å²) in [6, 6.07) is 8.03. The summed E-state index contributed by atoms with van der Waals surface area (Å²) < 4.78 is 0. The van der Waals surface area contributed by atoms with Crippen LogP contribution in [0.5, 0.6) is 0 Å². The Labute approximate surface area is 83.0 Å². The van der Waals surface area contributed by atoms with Gasteiger partial charge in [0.2, 0.25) is 0 Å². The van der Waals surface area contributed by atoms with Gasteiger partial charge in [0, 0.05) is 0 Å². The van der Waals surface area contributed by atoms with Crippen molar-refractivity contribution in [3.8, 4) is 0 Å². The number of imidazole rings is 1. The molecule has 2 rings (SSSR count). The summed E-state index contributed by atoms with van der Waals surface area (Å²) in [6.45, 7) is 0.786. The van der Waals surface area contributed by atoms with Gasteiger partial charge in [0.15, 0.2) is 0 Å². The Balaban J connectivity index is 0.000000845. The van der Waals surface area contributed by atoms with Crippen molar-refractivity contribution in [2.45, 2.75) is 6.54 Å². The third-order valence-corrected chi connectivity index (χ3v) is 1.78. The third-order valence-electron chi connectivity index (χ3n) is 1.78. The molecule has 0 unspecified atom stereocenters. The zero-order valence-electron chi connectivity index (χ0n) is 7.34. The summed E-state index contributed by atoms with van der Waals surface area (Å²) in [5, 5.41) is 3.05. The molecule has 1 aromatic heterocycles. The van der Waals surface area contributed by atoms with Gasteiger partial charge in [-0.05, 0) is 19.2 Å². The molecule has 0 spiro atoms. The van der Waals surface area contributed by atoms with Crippen molar-refractivity contribution >= 4 is 11.0 Å². The predicted octanol–water partition coefficient (Wildman–Crippen LogP) is -1.71. The molecule has 1 heterocycles. The van der Waals surface area contributed by atoms with Gasteiger partial charge in [0.25, 0.3) is 0 Å². The van der Waals surface area contributed by atoms with E-state index in [1.165, 1.54) is 0 Å². The Morgan fingerprint density at radius 3 is 2.85 bits per heavy atom. The zero-order valence-corrected chi connectivity index (χ0v) is 8.10. The lowest BCUT2D eigenvalue weighted by Gasteiger charge is -1.89. The highest BCUT2D eigenvalue weighted by Crippen LogP contribution is 2.09. The van der Waals surface area contributed by atoms with E-state index in [1.54, 1.807) is 0 Å². The Bertz CT molecular complexity index is 350. The second-order valence-corrected chi connectivity index (χ2v) is 2.73. The van der Waals surface area contributed by atoms with E-state index < -0.39 is 0 Å². The SMILES string of the molecule is CNCc1nc2ccccc2[nH]1.[Cl-]. The van der Waals surface area contributed by atoms with Crippen molar-refractivity contribution < 1.29 is 12.4 Å². The highest BCUT2D eigenvalue weighted by Gasteiger charge is 1.98. The van der Waals surface area contributed by atoms with Crippen LogP contribution in [0.25, 0.3) is 11.0 Å².